The van der Waals surface area contributed by atoms with Crippen LogP contribution in [0, 0.1) is 0 Å². The third-order valence-electron chi connectivity index (χ3n) is 2.96. The van der Waals surface area contributed by atoms with Crippen molar-refractivity contribution in [3.8, 4) is 0 Å². The summed E-state index contributed by atoms with van der Waals surface area (Å²) in [5.74, 6) is -0.234. The van der Waals surface area contributed by atoms with Gasteiger partial charge in [0.15, 0.2) is 0 Å². The van der Waals surface area contributed by atoms with Crippen LogP contribution >= 0.6 is 27.5 Å². The molecule has 0 aliphatic carbocycles. The van der Waals surface area contributed by atoms with Crippen LogP contribution in [-0.2, 0) is 0 Å². The number of benzene rings is 1. The number of anilines is 1. The summed E-state index contributed by atoms with van der Waals surface area (Å²) in [7, 11) is 0. The van der Waals surface area contributed by atoms with Crippen LogP contribution in [0.1, 0.15) is 10.4 Å². The van der Waals surface area contributed by atoms with Gasteiger partial charge in [0.2, 0.25) is 0 Å². The van der Waals surface area contributed by atoms with Crippen molar-refractivity contribution in [3.63, 3.8) is 0 Å². The number of nitrogens with zero attached hydrogens (tertiary/aromatic N) is 2. The molecule has 0 aliphatic rings. The van der Waals surface area contributed by atoms with E-state index in [9.17, 15) is 4.79 Å². The SMILES string of the molecule is O=C(Nc1ccc(Cl)c2ncccc12)c1ccc(Br)nc1. The Bertz CT molecular complexity index is 821. The topological polar surface area (TPSA) is 54.9 Å². The molecule has 0 saturated carbocycles. The van der Waals surface area contributed by atoms with Gasteiger partial charge in [0.05, 0.1) is 21.8 Å². The van der Waals surface area contributed by atoms with Gasteiger partial charge in [-0.05, 0) is 52.3 Å². The molecule has 2 aromatic heterocycles. The number of halogens is 2. The van der Waals surface area contributed by atoms with Gasteiger partial charge in [-0.25, -0.2) is 4.98 Å². The fourth-order valence-corrected chi connectivity index (χ4v) is 2.40. The van der Waals surface area contributed by atoms with E-state index in [0.29, 0.717) is 26.4 Å². The molecule has 0 fully saturated rings. The molecule has 2 heterocycles. The lowest BCUT2D eigenvalue weighted by Gasteiger charge is -2.09. The van der Waals surface area contributed by atoms with Gasteiger partial charge >= 0.3 is 0 Å². The Morgan fingerprint density at radius 3 is 2.76 bits per heavy atom. The molecule has 3 rings (SSSR count). The van der Waals surface area contributed by atoms with E-state index in [0.717, 1.165) is 5.39 Å². The molecule has 0 spiro atoms. The van der Waals surface area contributed by atoms with Crippen molar-refractivity contribution in [2.24, 2.45) is 0 Å². The van der Waals surface area contributed by atoms with Gasteiger partial charge in [0.1, 0.15) is 4.60 Å². The number of carbonyl (C=O) groups excluding carboxylic acids is 1. The molecule has 104 valence electrons. The number of nitrogens with one attached hydrogen (secondary N) is 1. The molecule has 0 unspecified atom stereocenters. The molecular weight excluding hydrogens is 354 g/mol. The summed E-state index contributed by atoms with van der Waals surface area (Å²) in [4.78, 5) is 20.5. The maximum Gasteiger partial charge on any atom is 0.257 e. The van der Waals surface area contributed by atoms with Crippen molar-refractivity contribution in [2.75, 3.05) is 5.32 Å². The Morgan fingerprint density at radius 1 is 1.14 bits per heavy atom. The van der Waals surface area contributed by atoms with E-state index in [-0.39, 0.29) is 5.91 Å². The summed E-state index contributed by atoms with van der Waals surface area (Å²) in [6.07, 6.45) is 3.17. The number of rotatable bonds is 2. The molecule has 0 bridgehead atoms. The van der Waals surface area contributed by atoms with Crippen LogP contribution in [-0.4, -0.2) is 15.9 Å². The first kappa shape index (κ1) is 14.0. The third kappa shape index (κ3) is 2.89. The number of pyridine rings is 2. The van der Waals surface area contributed by atoms with E-state index >= 15 is 0 Å². The number of aromatic nitrogens is 2. The van der Waals surface area contributed by atoms with E-state index in [1.165, 1.54) is 6.20 Å². The van der Waals surface area contributed by atoms with Crippen molar-refractivity contribution in [3.05, 3.63) is 64.0 Å². The Kier molecular flexibility index (Phi) is 3.86. The first-order valence-electron chi connectivity index (χ1n) is 6.11. The number of fused-ring (bicyclic) bond motifs is 1. The highest BCUT2D eigenvalue weighted by Crippen LogP contribution is 2.28. The van der Waals surface area contributed by atoms with E-state index in [4.69, 9.17) is 11.6 Å². The summed E-state index contributed by atoms with van der Waals surface area (Å²) >= 11 is 9.35. The number of amides is 1. The van der Waals surface area contributed by atoms with Crippen LogP contribution in [0.15, 0.2) is 53.4 Å². The van der Waals surface area contributed by atoms with E-state index in [2.05, 4.69) is 31.2 Å². The highest BCUT2D eigenvalue weighted by atomic mass is 79.9. The zero-order valence-electron chi connectivity index (χ0n) is 10.7. The minimum absolute atomic E-state index is 0.234. The molecule has 1 N–H and O–H groups in total. The summed E-state index contributed by atoms with van der Waals surface area (Å²) in [6.45, 7) is 0. The fourth-order valence-electron chi connectivity index (χ4n) is 1.95. The predicted molar refractivity (Wildman–Crippen MR) is 86.6 cm³/mol. The number of carbonyl (C=O) groups is 1. The number of hydrogen-bond acceptors (Lipinski definition) is 3. The first-order chi connectivity index (χ1) is 10.1. The fraction of sp³-hybridized carbons (Fsp3) is 0. The Balaban J connectivity index is 1.97. The highest BCUT2D eigenvalue weighted by molar-refractivity contribution is 9.10. The normalized spacial score (nSPS) is 10.6. The molecule has 0 aliphatic heterocycles. The predicted octanol–water partition coefficient (Wildman–Crippen LogP) is 4.30. The molecule has 21 heavy (non-hydrogen) atoms. The average Bonchev–Trinajstić information content (AvgIpc) is 2.51. The molecule has 3 aromatic rings. The van der Waals surface area contributed by atoms with E-state index in [1.807, 2.05) is 6.07 Å². The van der Waals surface area contributed by atoms with Crippen molar-refractivity contribution in [1.82, 2.24) is 9.97 Å². The maximum atomic E-state index is 12.2. The lowest BCUT2D eigenvalue weighted by Crippen LogP contribution is -2.12. The van der Waals surface area contributed by atoms with Crippen LogP contribution in [0.25, 0.3) is 10.9 Å². The zero-order chi connectivity index (χ0) is 14.8. The Hall–Kier alpha value is -1.98. The maximum absolute atomic E-state index is 12.2. The Morgan fingerprint density at radius 2 is 2.00 bits per heavy atom. The molecule has 6 heteroatoms. The number of hydrogen-bond donors (Lipinski definition) is 1. The largest absolute Gasteiger partial charge is 0.321 e. The van der Waals surface area contributed by atoms with Crippen LogP contribution in [0.3, 0.4) is 0 Å². The standard InChI is InChI=1S/C15H9BrClN3O/c16-13-6-3-9(8-19-13)15(21)20-12-5-4-11(17)14-10(12)2-1-7-18-14/h1-8H,(H,20,21). The summed E-state index contributed by atoms with van der Waals surface area (Å²) < 4.78 is 0.681. The van der Waals surface area contributed by atoms with Gasteiger partial charge < -0.3 is 5.32 Å². The molecule has 4 nitrogen and oxygen atoms in total. The lowest BCUT2D eigenvalue weighted by atomic mass is 10.1. The van der Waals surface area contributed by atoms with Gasteiger partial charge in [0.25, 0.3) is 5.91 Å². The van der Waals surface area contributed by atoms with Gasteiger partial charge in [-0.1, -0.05) is 11.6 Å². The van der Waals surface area contributed by atoms with E-state index in [1.54, 1.807) is 36.5 Å². The smallest absolute Gasteiger partial charge is 0.257 e. The molecule has 0 atom stereocenters. The highest BCUT2D eigenvalue weighted by Gasteiger charge is 2.10. The molecule has 1 amide bonds. The van der Waals surface area contributed by atoms with E-state index < -0.39 is 0 Å². The minimum atomic E-state index is -0.234. The summed E-state index contributed by atoms with van der Waals surface area (Å²) in [5.41, 5.74) is 1.80. The van der Waals surface area contributed by atoms with Gasteiger partial charge in [-0.3, -0.25) is 9.78 Å². The molecule has 1 aromatic carbocycles. The van der Waals surface area contributed by atoms with Crippen molar-refractivity contribution >= 4 is 50.0 Å². The van der Waals surface area contributed by atoms with Crippen molar-refractivity contribution in [1.29, 1.82) is 0 Å². The van der Waals surface area contributed by atoms with Crippen molar-refractivity contribution in [2.45, 2.75) is 0 Å². The van der Waals surface area contributed by atoms with Crippen LogP contribution in [0.5, 0.6) is 0 Å². The third-order valence-corrected chi connectivity index (χ3v) is 3.73. The van der Waals surface area contributed by atoms with Crippen molar-refractivity contribution < 1.29 is 4.79 Å². The second-order valence-electron chi connectivity index (χ2n) is 4.32. The monoisotopic (exact) mass is 361 g/mol. The van der Waals surface area contributed by atoms with Gasteiger partial charge in [-0.2, -0.15) is 0 Å². The second kappa shape index (κ2) is 5.79. The lowest BCUT2D eigenvalue weighted by molar-refractivity contribution is 0.102. The van der Waals surface area contributed by atoms with Gasteiger partial charge in [0, 0.05) is 17.8 Å². The molecular formula is C15H9BrClN3O. The first-order valence-corrected chi connectivity index (χ1v) is 7.28. The minimum Gasteiger partial charge on any atom is -0.321 e. The Labute approximate surface area is 134 Å². The average molecular weight is 363 g/mol. The quantitative estimate of drug-likeness (QED) is 0.692. The summed E-state index contributed by atoms with van der Waals surface area (Å²) in [5, 5.41) is 4.20. The van der Waals surface area contributed by atoms with Crippen LogP contribution < -0.4 is 5.32 Å². The second-order valence-corrected chi connectivity index (χ2v) is 5.54. The zero-order valence-corrected chi connectivity index (χ0v) is 13.0. The van der Waals surface area contributed by atoms with Gasteiger partial charge in [-0.15, -0.1) is 0 Å². The molecule has 0 saturated heterocycles. The molecule has 0 radical (unpaired) electrons. The van der Waals surface area contributed by atoms with Crippen LogP contribution in [0.4, 0.5) is 5.69 Å². The summed E-state index contributed by atoms with van der Waals surface area (Å²) in [6, 6.07) is 10.6. The van der Waals surface area contributed by atoms with Crippen LogP contribution in [0.2, 0.25) is 5.02 Å².